The van der Waals surface area contributed by atoms with Crippen molar-refractivity contribution in [1.82, 2.24) is 0 Å². The smallest absolute Gasteiger partial charge is 0.227 e. The normalized spacial score (nSPS) is 12.0. The van der Waals surface area contributed by atoms with Crippen molar-refractivity contribution in [3.05, 3.63) is 41.7 Å². The Morgan fingerprint density at radius 1 is 1.33 bits per heavy atom. The van der Waals surface area contributed by atoms with Crippen LogP contribution in [0.2, 0.25) is 0 Å². The summed E-state index contributed by atoms with van der Waals surface area (Å²) in [6.07, 6.45) is 1.47. The Balaban J connectivity index is 2.31. The van der Waals surface area contributed by atoms with Crippen LogP contribution in [0.3, 0.4) is 0 Å². The van der Waals surface area contributed by atoms with Crippen LogP contribution in [0.1, 0.15) is 36.4 Å². The average Bonchev–Trinajstić information content (AvgIpc) is 2.97. The van der Waals surface area contributed by atoms with Crippen molar-refractivity contribution in [2.75, 3.05) is 5.32 Å². The summed E-state index contributed by atoms with van der Waals surface area (Å²) in [5.74, 6) is 0.886. The summed E-state index contributed by atoms with van der Waals surface area (Å²) in [7, 11) is 0. The van der Waals surface area contributed by atoms with Gasteiger partial charge in [-0.3, -0.25) is 9.59 Å². The molecule has 1 heterocycles. The standard InChI is InChI=1S/C17H19NO3/c1-4-11(2)17(20)18-15-7-5-6-14(12(15)3)16-9-8-13(10-19)21-16/h5-11H,4H2,1-3H3,(H,18,20). The van der Waals surface area contributed by atoms with Crippen molar-refractivity contribution in [2.24, 2.45) is 5.92 Å². The fourth-order valence-electron chi connectivity index (χ4n) is 2.04. The molecule has 0 aliphatic carbocycles. The SMILES string of the molecule is CCC(C)C(=O)Nc1cccc(-c2ccc(C=O)o2)c1C. The van der Waals surface area contributed by atoms with Gasteiger partial charge in [0.05, 0.1) is 0 Å². The van der Waals surface area contributed by atoms with Gasteiger partial charge in [0.15, 0.2) is 12.0 Å². The molecule has 0 spiro atoms. The zero-order valence-electron chi connectivity index (χ0n) is 12.5. The van der Waals surface area contributed by atoms with Crippen molar-refractivity contribution < 1.29 is 14.0 Å². The molecule has 0 radical (unpaired) electrons. The van der Waals surface area contributed by atoms with Crippen LogP contribution in [0.15, 0.2) is 34.7 Å². The Bertz CT molecular complexity index is 658. The number of rotatable bonds is 5. The molecule has 1 atom stereocenters. The quantitative estimate of drug-likeness (QED) is 0.843. The van der Waals surface area contributed by atoms with E-state index in [4.69, 9.17) is 4.42 Å². The van der Waals surface area contributed by atoms with Crippen LogP contribution in [-0.2, 0) is 4.79 Å². The van der Waals surface area contributed by atoms with E-state index in [1.165, 1.54) is 0 Å². The number of hydrogen-bond donors (Lipinski definition) is 1. The number of aldehydes is 1. The largest absolute Gasteiger partial charge is 0.453 e. The minimum absolute atomic E-state index is 0.00535. The molecule has 0 saturated heterocycles. The predicted molar refractivity (Wildman–Crippen MR) is 82.4 cm³/mol. The molecule has 0 aliphatic rings. The van der Waals surface area contributed by atoms with Crippen LogP contribution in [0, 0.1) is 12.8 Å². The number of amides is 1. The fraction of sp³-hybridized carbons (Fsp3) is 0.294. The molecule has 1 amide bonds. The van der Waals surface area contributed by atoms with Crippen molar-refractivity contribution in [1.29, 1.82) is 0 Å². The van der Waals surface area contributed by atoms with Crippen molar-refractivity contribution in [2.45, 2.75) is 27.2 Å². The highest BCUT2D eigenvalue weighted by Gasteiger charge is 2.14. The lowest BCUT2D eigenvalue weighted by molar-refractivity contribution is -0.119. The second-order valence-corrected chi connectivity index (χ2v) is 5.10. The Morgan fingerprint density at radius 2 is 2.10 bits per heavy atom. The van der Waals surface area contributed by atoms with Crippen LogP contribution < -0.4 is 5.32 Å². The molecule has 1 aromatic carbocycles. The van der Waals surface area contributed by atoms with Crippen LogP contribution >= 0.6 is 0 Å². The van der Waals surface area contributed by atoms with Crippen molar-refractivity contribution in [3.8, 4) is 11.3 Å². The van der Waals surface area contributed by atoms with Gasteiger partial charge < -0.3 is 9.73 Å². The van der Waals surface area contributed by atoms with Gasteiger partial charge in [-0.05, 0) is 37.1 Å². The number of furan rings is 1. The Morgan fingerprint density at radius 3 is 2.71 bits per heavy atom. The summed E-state index contributed by atoms with van der Waals surface area (Å²) >= 11 is 0. The first-order valence-electron chi connectivity index (χ1n) is 7.02. The second kappa shape index (κ2) is 6.39. The van der Waals surface area contributed by atoms with E-state index in [1.807, 2.05) is 39.0 Å². The second-order valence-electron chi connectivity index (χ2n) is 5.10. The van der Waals surface area contributed by atoms with Gasteiger partial charge in [0.25, 0.3) is 0 Å². The first-order valence-corrected chi connectivity index (χ1v) is 7.02. The highest BCUT2D eigenvalue weighted by Crippen LogP contribution is 2.30. The molecular weight excluding hydrogens is 266 g/mol. The van der Waals surface area contributed by atoms with E-state index in [0.29, 0.717) is 17.8 Å². The molecule has 0 bridgehead atoms. The third-order valence-corrected chi connectivity index (χ3v) is 3.66. The zero-order valence-corrected chi connectivity index (χ0v) is 12.5. The van der Waals surface area contributed by atoms with E-state index in [1.54, 1.807) is 12.1 Å². The third-order valence-electron chi connectivity index (χ3n) is 3.66. The van der Waals surface area contributed by atoms with Crippen molar-refractivity contribution >= 4 is 17.9 Å². The molecule has 4 nitrogen and oxygen atoms in total. The Labute approximate surface area is 124 Å². The van der Waals surface area contributed by atoms with Crippen LogP contribution in [0.25, 0.3) is 11.3 Å². The van der Waals surface area contributed by atoms with Gasteiger partial charge in [-0.1, -0.05) is 26.0 Å². The maximum atomic E-state index is 12.0. The van der Waals surface area contributed by atoms with E-state index in [9.17, 15) is 9.59 Å². The molecule has 0 aliphatic heterocycles. The third kappa shape index (κ3) is 3.21. The summed E-state index contributed by atoms with van der Waals surface area (Å²) < 4.78 is 5.45. The number of carbonyl (C=O) groups is 2. The maximum absolute atomic E-state index is 12.0. The molecule has 1 N–H and O–H groups in total. The first-order chi connectivity index (χ1) is 10.1. The predicted octanol–water partition coefficient (Wildman–Crippen LogP) is 4.05. The maximum Gasteiger partial charge on any atom is 0.227 e. The van der Waals surface area contributed by atoms with Gasteiger partial charge in [-0.25, -0.2) is 0 Å². The summed E-state index contributed by atoms with van der Waals surface area (Å²) in [6, 6.07) is 9.01. The highest BCUT2D eigenvalue weighted by molar-refractivity contribution is 5.94. The lowest BCUT2D eigenvalue weighted by Crippen LogP contribution is -2.20. The first kappa shape index (κ1) is 15.0. The number of benzene rings is 1. The molecule has 2 aromatic rings. The molecule has 1 unspecified atom stereocenters. The minimum atomic E-state index is -0.0293. The van der Waals surface area contributed by atoms with Crippen LogP contribution in [0.4, 0.5) is 5.69 Å². The number of hydrogen-bond acceptors (Lipinski definition) is 3. The molecule has 110 valence electrons. The number of anilines is 1. The van der Waals surface area contributed by atoms with Crippen molar-refractivity contribution in [3.63, 3.8) is 0 Å². The van der Waals surface area contributed by atoms with Gasteiger partial charge in [0.2, 0.25) is 5.91 Å². The Hall–Kier alpha value is -2.36. The fourth-order valence-corrected chi connectivity index (χ4v) is 2.04. The van der Waals surface area contributed by atoms with E-state index in [0.717, 1.165) is 23.2 Å². The molecule has 1 aromatic heterocycles. The molecule has 4 heteroatoms. The van der Waals surface area contributed by atoms with Crippen LogP contribution in [0.5, 0.6) is 0 Å². The lowest BCUT2D eigenvalue weighted by Gasteiger charge is -2.14. The summed E-state index contributed by atoms with van der Waals surface area (Å²) in [6.45, 7) is 5.80. The van der Waals surface area contributed by atoms with E-state index < -0.39 is 0 Å². The van der Waals surface area contributed by atoms with Gasteiger partial charge in [0.1, 0.15) is 5.76 Å². The topological polar surface area (TPSA) is 59.3 Å². The summed E-state index contributed by atoms with van der Waals surface area (Å²) in [5.41, 5.74) is 2.55. The summed E-state index contributed by atoms with van der Waals surface area (Å²) in [4.78, 5) is 22.7. The van der Waals surface area contributed by atoms with Gasteiger partial charge >= 0.3 is 0 Å². The lowest BCUT2D eigenvalue weighted by atomic mass is 10.0. The number of nitrogens with one attached hydrogen (secondary N) is 1. The minimum Gasteiger partial charge on any atom is -0.453 e. The number of carbonyl (C=O) groups excluding carboxylic acids is 2. The molecule has 0 saturated carbocycles. The summed E-state index contributed by atoms with van der Waals surface area (Å²) in [5, 5.41) is 2.94. The van der Waals surface area contributed by atoms with Crippen LogP contribution in [-0.4, -0.2) is 12.2 Å². The molecule has 0 fully saturated rings. The molecular formula is C17H19NO3. The van der Waals surface area contributed by atoms with Gasteiger partial charge in [-0.2, -0.15) is 0 Å². The molecule has 2 rings (SSSR count). The van der Waals surface area contributed by atoms with Gasteiger partial charge in [-0.15, -0.1) is 0 Å². The zero-order chi connectivity index (χ0) is 15.4. The highest BCUT2D eigenvalue weighted by atomic mass is 16.3. The Kier molecular flexibility index (Phi) is 4.58. The van der Waals surface area contributed by atoms with Gasteiger partial charge in [0, 0.05) is 17.2 Å². The monoisotopic (exact) mass is 285 g/mol. The van der Waals surface area contributed by atoms with E-state index >= 15 is 0 Å². The average molecular weight is 285 g/mol. The molecule has 21 heavy (non-hydrogen) atoms. The van der Waals surface area contributed by atoms with E-state index in [-0.39, 0.29) is 11.8 Å². The van der Waals surface area contributed by atoms with E-state index in [2.05, 4.69) is 5.32 Å².